The number of nitrogens with zero attached hydrogens (tertiary/aromatic N) is 1. The Labute approximate surface area is 76.0 Å². The molecule has 0 aromatic rings. The number of nitriles is 1. The van der Waals surface area contributed by atoms with Crippen molar-refractivity contribution in [3.05, 3.63) is 0 Å². The summed E-state index contributed by atoms with van der Waals surface area (Å²) in [5.41, 5.74) is 0. The molecule has 2 heteroatoms. The van der Waals surface area contributed by atoms with Crippen LogP contribution in [0, 0.1) is 11.3 Å². The SMILES string of the molecule is CCCC(CC)NC(C#N)CC. The van der Waals surface area contributed by atoms with Gasteiger partial charge in [-0.15, -0.1) is 0 Å². The predicted molar refractivity (Wildman–Crippen MR) is 51.8 cm³/mol. The smallest absolute Gasteiger partial charge is 0.0952 e. The molecule has 0 bridgehead atoms. The summed E-state index contributed by atoms with van der Waals surface area (Å²) in [4.78, 5) is 0. The maximum Gasteiger partial charge on any atom is 0.0952 e. The summed E-state index contributed by atoms with van der Waals surface area (Å²) < 4.78 is 0. The lowest BCUT2D eigenvalue weighted by Crippen LogP contribution is -2.36. The molecule has 1 N–H and O–H groups in total. The average molecular weight is 168 g/mol. The molecule has 0 fully saturated rings. The number of hydrogen-bond donors (Lipinski definition) is 1. The fraction of sp³-hybridized carbons (Fsp3) is 0.900. The van der Waals surface area contributed by atoms with Crippen molar-refractivity contribution in [2.45, 2.75) is 58.5 Å². The molecule has 0 rings (SSSR count). The molecule has 2 unspecified atom stereocenters. The van der Waals surface area contributed by atoms with Gasteiger partial charge in [0.25, 0.3) is 0 Å². The van der Waals surface area contributed by atoms with Crippen molar-refractivity contribution in [3.63, 3.8) is 0 Å². The van der Waals surface area contributed by atoms with E-state index in [2.05, 4.69) is 25.2 Å². The van der Waals surface area contributed by atoms with Crippen LogP contribution in [0.2, 0.25) is 0 Å². The van der Waals surface area contributed by atoms with Crippen molar-refractivity contribution in [2.24, 2.45) is 0 Å². The largest absolute Gasteiger partial charge is 0.299 e. The maximum absolute atomic E-state index is 8.73. The van der Waals surface area contributed by atoms with Crippen LogP contribution in [0.5, 0.6) is 0 Å². The van der Waals surface area contributed by atoms with Crippen LogP contribution in [0.15, 0.2) is 0 Å². The van der Waals surface area contributed by atoms with E-state index in [-0.39, 0.29) is 6.04 Å². The van der Waals surface area contributed by atoms with Gasteiger partial charge < -0.3 is 0 Å². The zero-order chi connectivity index (χ0) is 9.40. The number of nitrogens with one attached hydrogen (secondary N) is 1. The molecule has 0 spiro atoms. The van der Waals surface area contributed by atoms with Gasteiger partial charge in [-0.05, 0) is 19.3 Å². The van der Waals surface area contributed by atoms with Crippen molar-refractivity contribution in [2.75, 3.05) is 0 Å². The van der Waals surface area contributed by atoms with E-state index in [1.165, 1.54) is 12.8 Å². The van der Waals surface area contributed by atoms with Crippen LogP contribution in [0.4, 0.5) is 0 Å². The Morgan fingerprint density at radius 2 is 1.92 bits per heavy atom. The van der Waals surface area contributed by atoms with Crippen LogP contribution in [0.25, 0.3) is 0 Å². The zero-order valence-corrected chi connectivity index (χ0v) is 8.43. The van der Waals surface area contributed by atoms with Crippen molar-refractivity contribution in [1.82, 2.24) is 5.32 Å². The van der Waals surface area contributed by atoms with E-state index >= 15 is 0 Å². The second-order valence-electron chi connectivity index (χ2n) is 3.15. The second kappa shape index (κ2) is 7.12. The van der Waals surface area contributed by atoms with Crippen LogP contribution in [0.1, 0.15) is 46.5 Å². The zero-order valence-electron chi connectivity index (χ0n) is 8.43. The molecule has 0 saturated heterocycles. The van der Waals surface area contributed by atoms with Crippen molar-refractivity contribution in [3.8, 4) is 6.07 Å². The molecule has 0 amide bonds. The molecular formula is C10H20N2. The molecule has 0 aliphatic carbocycles. The van der Waals surface area contributed by atoms with Gasteiger partial charge in [0.2, 0.25) is 0 Å². The fourth-order valence-electron chi connectivity index (χ4n) is 1.28. The Morgan fingerprint density at radius 3 is 2.25 bits per heavy atom. The summed E-state index contributed by atoms with van der Waals surface area (Å²) in [6.45, 7) is 6.38. The van der Waals surface area contributed by atoms with E-state index < -0.39 is 0 Å². The molecular weight excluding hydrogens is 148 g/mol. The van der Waals surface area contributed by atoms with Gasteiger partial charge in [0.1, 0.15) is 0 Å². The summed E-state index contributed by atoms with van der Waals surface area (Å²) in [6.07, 6.45) is 4.38. The van der Waals surface area contributed by atoms with Gasteiger partial charge in [-0.1, -0.05) is 27.2 Å². The van der Waals surface area contributed by atoms with E-state index in [1.54, 1.807) is 0 Å². The lowest BCUT2D eigenvalue weighted by molar-refractivity contribution is 0.428. The van der Waals surface area contributed by atoms with Crippen LogP contribution < -0.4 is 5.32 Å². The minimum Gasteiger partial charge on any atom is -0.299 e. The van der Waals surface area contributed by atoms with E-state index in [9.17, 15) is 0 Å². The highest BCUT2D eigenvalue weighted by Gasteiger charge is 2.09. The summed E-state index contributed by atoms with van der Waals surface area (Å²) in [5.74, 6) is 0. The van der Waals surface area contributed by atoms with E-state index in [1.807, 2.05) is 6.92 Å². The van der Waals surface area contributed by atoms with Crippen molar-refractivity contribution >= 4 is 0 Å². The van der Waals surface area contributed by atoms with E-state index in [4.69, 9.17) is 5.26 Å². The third-order valence-corrected chi connectivity index (χ3v) is 2.13. The highest BCUT2D eigenvalue weighted by atomic mass is 14.9. The van der Waals surface area contributed by atoms with Gasteiger partial charge in [0.15, 0.2) is 0 Å². The number of hydrogen-bond acceptors (Lipinski definition) is 2. The van der Waals surface area contributed by atoms with Crippen molar-refractivity contribution < 1.29 is 0 Å². The molecule has 0 aromatic carbocycles. The van der Waals surface area contributed by atoms with E-state index in [0.717, 1.165) is 12.8 Å². The first kappa shape index (κ1) is 11.4. The third-order valence-electron chi connectivity index (χ3n) is 2.13. The third kappa shape index (κ3) is 4.35. The number of rotatable bonds is 6. The second-order valence-corrected chi connectivity index (χ2v) is 3.15. The van der Waals surface area contributed by atoms with Crippen LogP contribution in [-0.4, -0.2) is 12.1 Å². The Balaban J connectivity index is 3.75. The van der Waals surface area contributed by atoms with Gasteiger partial charge >= 0.3 is 0 Å². The summed E-state index contributed by atoms with van der Waals surface area (Å²) in [6, 6.07) is 2.83. The molecule has 2 atom stereocenters. The van der Waals surface area contributed by atoms with Crippen LogP contribution >= 0.6 is 0 Å². The first-order valence-electron chi connectivity index (χ1n) is 4.94. The highest BCUT2D eigenvalue weighted by Crippen LogP contribution is 2.03. The van der Waals surface area contributed by atoms with Crippen LogP contribution in [0.3, 0.4) is 0 Å². The summed E-state index contributed by atoms with van der Waals surface area (Å²) >= 11 is 0. The first-order chi connectivity index (χ1) is 5.78. The minimum atomic E-state index is 0.0431. The molecule has 0 radical (unpaired) electrons. The molecule has 2 nitrogen and oxygen atoms in total. The molecule has 70 valence electrons. The Morgan fingerprint density at radius 1 is 1.25 bits per heavy atom. The lowest BCUT2D eigenvalue weighted by atomic mass is 10.1. The topological polar surface area (TPSA) is 35.8 Å². The molecule has 0 aliphatic rings. The molecule has 0 heterocycles. The Bertz CT molecular complexity index is 137. The average Bonchev–Trinajstić information content (AvgIpc) is 2.12. The molecule has 0 aromatic heterocycles. The van der Waals surface area contributed by atoms with Gasteiger partial charge in [-0.25, -0.2) is 0 Å². The predicted octanol–water partition coefficient (Wildman–Crippen LogP) is 2.46. The molecule has 0 aliphatic heterocycles. The summed E-state index contributed by atoms with van der Waals surface area (Å²) in [5, 5.41) is 12.1. The van der Waals surface area contributed by atoms with Gasteiger partial charge in [0.05, 0.1) is 12.1 Å². The Kier molecular flexibility index (Phi) is 6.79. The van der Waals surface area contributed by atoms with Crippen LogP contribution in [-0.2, 0) is 0 Å². The van der Waals surface area contributed by atoms with Gasteiger partial charge in [0, 0.05) is 6.04 Å². The lowest BCUT2D eigenvalue weighted by Gasteiger charge is -2.18. The first-order valence-corrected chi connectivity index (χ1v) is 4.94. The fourth-order valence-corrected chi connectivity index (χ4v) is 1.28. The normalized spacial score (nSPS) is 15.2. The van der Waals surface area contributed by atoms with Gasteiger partial charge in [-0.3, -0.25) is 5.32 Å². The quantitative estimate of drug-likeness (QED) is 0.661. The molecule has 12 heavy (non-hydrogen) atoms. The van der Waals surface area contributed by atoms with Gasteiger partial charge in [-0.2, -0.15) is 5.26 Å². The summed E-state index contributed by atoms with van der Waals surface area (Å²) in [7, 11) is 0. The minimum absolute atomic E-state index is 0.0431. The highest BCUT2D eigenvalue weighted by molar-refractivity contribution is 4.90. The molecule has 0 saturated carbocycles. The van der Waals surface area contributed by atoms with Crippen molar-refractivity contribution in [1.29, 1.82) is 5.26 Å². The maximum atomic E-state index is 8.73. The Hall–Kier alpha value is -0.550. The van der Waals surface area contributed by atoms with E-state index in [0.29, 0.717) is 6.04 Å². The monoisotopic (exact) mass is 168 g/mol. The standard InChI is InChI=1S/C10H20N2/c1-4-7-9(5-2)12-10(6-3)8-11/h9-10,12H,4-7H2,1-3H3.